The highest BCUT2D eigenvalue weighted by Gasteiger charge is 2.36. The highest BCUT2D eigenvalue weighted by Crippen LogP contribution is 2.40. The van der Waals surface area contributed by atoms with Crippen molar-refractivity contribution < 1.29 is 4.79 Å². The highest BCUT2D eigenvalue weighted by atomic mass is 16.1. The molecule has 0 saturated heterocycles. The summed E-state index contributed by atoms with van der Waals surface area (Å²) >= 11 is 0. The van der Waals surface area contributed by atoms with Crippen LogP contribution in [0.3, 0.4) is 0 Å². The molecule has 0 amide bonds. The maximum absolute atomic E-state index is 11.9. The van der Waals surface area contributed by atoms with Crippen LogP contribution in [0, 0.1) is 17.3 Å². The minimum absolute atomic E-state index is 0.110. The van der Waals surface area contributed by atoms with Crippen LogP contribution in [-0.2, 0) is 4.79 Å². The standard InChI is InChI=1S/C13H22O/c1-5-8-13(3,4)11-7-6-10(2)9-12(11)14/h5,10-11H,1,6-9H2,2-4H3. The van der Waals surface area contributed by atoms with E-state index in [1.54, 1.807) is 0 Å². The zero-order chi connectivity index (χ0) is 10.8. The maximum atomic E-state index is 11.9. The lowest BCUT2D eigenvalue weighted by Gasteiger charge is -2.36. The zero-order valence-electron chi connectivity index (χ0n) is 9.68. The number of carbonyl (C=O) groups excluding carboxylic acids is 1. The molecule has 1 aliphatic carbocycles. The van der Waals surface area contributed by atoms with Crippen molar-refractivity contribution in [1.29, 1.82) is 0 Å². The van der Waals surface area contributed by atoms with E-state index >= 15 is 0 Å². The minimum atomic E-state index is 0.110. The fourth-order valence-electron chi connectivity index (χ4n) is 2.54. The number of allylic oxidation sites excluding steroid dienone is 1. The number of hydrogen-bond acceptors (Lipinski definition) is 1. The molecule has 14 heavy (non-hydrogen) atoms. The van der Waals surface area contributed by atoms with Gasteiger partial charge in [0.15, 0.2) is 0 Å². The Morgan fingerprint density at radius 1 is 1.50 bits per heavy atom. The normalized spacial score (nSPS) is 28.9. The Kier molecular flexibility index (Phi) is 3.52. The molecule has 1 nitrogen and oxygen atoms in total. The number of ketones is 1. The Bertz CT molecular complexity index is 227. The molecule has 1 fully saturated rings. The lowest BCUT2D eigenvalue weighted by molar-refractivity contribution is -0.129. The molecule has 1 saturated carbocycles. The Morgan fingerprint density at radius 2 is 2.14 bits per heavy atom. The van der Waals surface area contributed by atoms with Gasteiger partial charge in [-0.25, -0.2) is 0 Å². The van der Waals surface area contributed by atoms with E-state index in [1.165, 1.54) is 6.42 Å². The minimum Gasteiger partial charge on any atom is -0.299 e. The molecule has 0 aromatic heterocycles. The first-order chi connectivity index (χ1) is 6.47. The van der Waals surface area contributed by atoms with Gasteiger partial charge < -0.3 is 0 Å². The van der Waals surface area contributed by atoms with Crippen molar-refractivity contribution in [2.45, 2.75) is 46.5 Å². The molecule has 0 aromatic rings. The summed E-state index contributed by atoms with van der Waals surface area (Å²) in [5, 5.41) is 0. The van der Waals surface area contributed by atoms with E-state index in [4.69, 9.17) is 0 Å². The van der Waals surface area contributed by atoms with Crippen molar-refractivity contribution in [3.05, 3.63) is 12.7 Å². The van der Waals surface area contributed by atoms with Crippen LogP contribution >= 0.6 is 0 Å². The second kappa shape index (κ2) is 4.29. The Hall–Kier alpha value is -0.590. The largest absolute Gasteiger partial charge is 0.299 e. The van der Waals surface area contributed by atoms with Crippen LogP contribution in [0.15, 0.2) is 12.7 Å². The summed E-state index contributed by atoms with van der Waals surface area (Å²) < 4.78 is 0. The van der Waals surface area contributed by atoms with E-state index in [0.717, 1.165) is 19.3 Å². The number of Topliss-reactive ketones (excluding diaryl/α,β-unsaturated/α-hetero) is 1. The number of hydrogen-bond donors (Lipinski definition) is 0. The van der Waals surface area contributed by atoms with Crippen LogP contribution in [0.25, 0.3) is 0 Å². The molecule has 80 valence electrons. The van der Waals surface area contributed by atoms with Gasteiger partial charge in [0.1, 0.15) is 5.78 Å². The third-order valence-corrected chi connectivity index (χ3v) is 3.50. The Morgan fingerprint density at radius 3 is 2.64 bits per heavy atom. The van der Waals surface area contributed by atoms with Gasteiger partial charge in [0.05, 0.1) is 0 Å². The van der Waals surface area contributed by atoms with E-state index in [1.807, 2.05) is 6.08 Å². The molecule has 2 unspecified atom stereocenters. The molecule has 1 aliphatic rings. The summed E-state index contributed by atoms with van der Waals surface area (Å²) in [7, 11) is 0. The van der Waals surface area contributed by atoms with E-state index in [9.17, 15) is 4.79 Å². The molecular formula is C13H22O. The first kappa shape index (κ1) is 11.5. The smallest absolute Gasteiger partial charge is 0.136 e. The SMILES string of the molecule is C=CCC(C)(C)C1CCC(C)CC1=O. The molecule has 1 heteroatoms. The molecule has 0 N–H and O–H groups in total. The third-order valence-electron chi connectivity index (χ3n) is 3.50. The molecule has 1 rings (SSSR count). The van der Waals surface area contributed by atoms with Crippen molar-refractivity contribution in [2.75, 3.05) is 0 Å². The lowest BCUT2D eigenvalue weighted by atomic mass is 9.67. The third kappa shape index (κ3) is 2.46. The van der Waals surface area contributed by atoms with Gasteiger partial charge in [0, 0.05) is 12.3 Å². The molecule has 0 heterocycles. The van der Waals surface area contributed by atoms with Crippen LogP contribution in [0.2, 0.25) is 0 Å². The van der Waals surface area contributed by atoms with Gasteiger partial charge in [0.2, 0.25) is 0 Å². The number of rotatable bonds is 3. The van der Waals surface area contributed by atoms with E-state index in [0.29, 0.717) is 11.7 Å². The summed E-state index contributed by atoms with van der Waals surface area (Å²) in [4.78, 5) is 11.9. The van der Waals surface area contributed by atoms with Crippen molar-refractivity contribution in [3.63, 3.8) is 0 Å². The van der Waals surface area contributed by atoms with Crippen LogP contribution in [0.4, 0.5) is 0 Å². The van der Waals surface area contributed by atoms with Gasteiger partial charge in [0.25, 0.3) is 0 Å². The number of carbonyl (C=O) groups is 1. The van der Waals surface area contributed by atoms with Gasteiger partial charge in [-0.05, 0) is 30.6 Å². The summed E-state index contributed by atoms with van der Waals surface area (Å²) in [6.07, 6.45) is 5.94. The van der Waals surface area contributed by atoms with Crippen LogP contribution < -0.4 is 0 Å². The summed E-state index contributed by atoms with van der Waals surface area (Å²) in [6, 6.07) is 0. The Labute approximate surface area is 87.6 Å². The average molecular weight is 194 g/mol. The predicted molar refractivity (Wildman–Crippen MR) is 60.1 cm³/mol. The Balaban J connectivity index is 2.68. The van der Waals surface area contributed by atoms with E-state index in [2.05, 4.69) is 27.4 Å². The van der Waals surface area contributed by atoms with Gasteiger partial charge in [-0.15, -0.1) is 6.58 Å². The first-order valence-electron chi connectivity index (χ1n) is 5.61. The van der Waals surface area contributed by atoms with Crippen LogP contribution in [-0.4, -0.2) is 5.78 Å². The molecule has 0 aromatic carbocycles. The summed E-state index contributed by atoms with van der Waals surface area (Å²) in [6.45, 7) is 10.3. The predicted octanol–water partition coefficient (Wildman–Crippen LogP) is 3.59. The van der Waals surface area contributed by atoms with E-state index in [-0.39, 0.29) is 11.3 Å². The van der Waals surface area contributed by atoms with Crippen LogP contribution in [0.5, 0.6) is 0 Å². The first-order valence-corrected chi connectivity index (χ1v) is 5.61. The second-order valence-corrected chi connectivity index (χ2v) is 5.39. The van der Waals surface area contributed by atoms with Crippen molar-refractivity contribution in [2.24, 2.45) is 17.3 Å². The molecular weight excluding hydrogens is 172 g/mol. The van der Waals surface area contributed by atoms with Gasteiger partial charge in [-0.1, -0.05) is 26.8 Å². The summed E-state index contributed by atoms with van der Waals surface area (Å²) in [5.41, 5.74) is 0.110. The van der Waals surface area contributed by atoms with Crippen molar-refractivity contribution >= 4 is 5.78 Å². The monoisotopic (exact) mass is 194 g/mol. The highest BCUT2D eigenvalue weighted by molar-refractivity contribution is 5.82. The summed E-state index contributed by atoms with van der Waals surface area (Å²) in [5.74, 6) is 1.32. The van der Waals surface area contributed by atoms with Crippen molar-refractivity contribution in [3.8, 4) is 0 Å². The molecule has 2 atom stereocenters. The van der Waals surface area contributed by atoms with Crippen molar-refractivity contribution in [1.82, 2.24) is 0 Å². The quantitative estimate of drug-likeness (QED) is 0.627. The molecule has 0 aliphatic heterocycles. The lowest BCUT2D eigenvalue weighted by Crippen LogP contribution is -2.35. The average Bonchev–Trinajstić information content (AvgIpc) is 2.02. The topological polar surface area (TPSA) is 17.1 Å². The fourth-order valence-corrected chi connectivity index (χ4v) is 2.54. The second-order valence-electron chi connectivity index (χ2n) is 5.39. The molecule has 0 spiro atoms. The van der Waals surface area contributed by atoms with Gasteiger partial charge in [-0.2, -0.15) is 0 Å². The zero-order valence-corrected chi connectivity index (χ0v) is 9.68. The molecule has 0 bridgehead atoms. The fraction of sp³-hybridized carbons (Fsp3) is 0.769. The maximum Gasteiger partial charge on any atom is 0.136 e. The van der Waals surface area contributed by atoms with E-state index < -0.39 is 0 Å². The van der Waals surface area contributed by atoms with Crippen LogP contribution in [0.1, 0.15) is 46.5 Å². The molecule has 0 radical (unpaired) electrons. The van der Waals surface area contributed by atoms with Gasteiger partial charge in [-0.3, -0.25) is 4.79 Å². The van der Waals surface area contributed by atoms with Gasteiger partial charge >= 0.3 is 0 Å².